The fraction of sp³-hybridized carbons (Fsp3) is 0.286. The lowest BCUT2D eigenvalue weighted by atomic mass is 10.0. The molecule has 1 aliphatic heterocycles. The van der Waals surface area contributed by atoms with Crippen molar-refractivity contribution < 1.29 is 23.9 Å². The number of ketones is 1. The predicted molar refractivity (Wildman–Crippen MR) is 98.6 cm³/mol. The van der Waals surface area contributed by atoms with Gasteiger partial charge in [-0.2, -0.15) is 0 Å². The summed E-state index contributed by atoms with van der Waals surface area (Å²) in [6, 6.07) is 15.1. The van der Waals surface area contributed by atoms with Crippen molar-refractivity contribution in [3.8, 4) is 0 Å². The Morgan fingerprint density at radius 1 is 0.889 bits per heavy atom. The highest BCUT2D eigenvalue weighted by Crippen LogP contribution is 2.13. The average molecular weight is 367 g/mol. The molecule has 3 rings (SSSR count). The molecule has 1 heterocycles. The topological polar surface area (TPSA) is 72.9 Å². The van der Waals surface area contributed by atoms with Gasteiger partial charge in [0.05, 0.1) is 18.8 Å². The molecule has 1 saturated heterocycles. The van der Waals surface area contributed by atoms with Crippen LogP contribution in [0.1, 0.15) is 33.2 Å². The first-order valence-corrected chi connectivity index (χ1v) is 8.83. The van der Waals surface area contributed by atoms with Gasteiger partial charge in [-0.1, -0.05) is 42.5 Å². The fourth-order valence-electron chi connectivity index (χ4n) is 2.83. The Kier molecular flexibility index (Phi) is 5.98. The maximum atomic E-state index is 12.4. The van der Waals surface area contributed by atoms with Crippen LogP contribution < -0.4 is 0 Å². The van der Waals surface area contributed by atoms with Crippen LogP contribution in [-0.4, -0.2) is 55.0 Å². The minimum Gasteiger partial charge on any atom is -0.449 e. The number of carbonyl (C=O) groups excluding carboxylic acids is 3. The number of nitrogens with zero attached hydrogens (tertiary/aromatic N) is 1. The molecule has 0 radical (unpaired) electrons. The van der Waals surface area contributed by atoms with Crippen LogP contribution in [0.3, 0.4) is 0 Å². The second-order valence-electron chi connectivity index (χ2n) is 6.26. The highest BCUT2D eigenvalue weighted by Gasteiger charge is 2.25. The second kappa shape index (κ2) is 8.60. The average Bonchev–Trinajstić information content (AvgIpc) is 2.74. The molecule has 0 N–H and O–H groups in total. The van der Waals surface area contributed by atoms with Gasteiger partial charge in [-0.05, 0) is 19.1 Å². The van der Waals surface area contributed by atoms with Crippen molar-refractivity contribution in [2.75, 3.05) is 26.3 Å². The molecule has 1 unspecified atom stereocenters. The predicted octanol–water partition coefficient (Wildman–Crippen LogP) is 2.32. The van der Waals surface area contributed by atoms with E-state index < -0.39 is 12.1 Å². The maximum absolute atomic E-state index is 12.4. The van der Waals surface area contributed by atoms with Crippen LogP contribution in [0.25, 0.3) is 0 Å². The third kappa shape index (κ3) is 4.60. The first-order chi connectivity index (χ1) is 13.1. The molecule has 2 aromatic carbocycles. The van der Waals surface area contributed by atoms with E-state index in [4.69, 9.17) is 9.47 Å². The third-order valence-corrected chi connectivity index (χ3v) is 4.37. The number of hydrogen-bond acceptors (Lipinski definition) is 5. The van der Waals surface area contributed by atoms with Crippen molar-refractivity contribution in [1.82, 2.24) is 4.90 Å². The second-order valence-corrected chi connectivity index (χ2v) is 6.26. The third-order valence-electron chi connectivity index (χ3n) is 4.37. The molecule has 27 heavy (non-hydrogen) atoms. The van der Waals surface area contributed by atoms with E-state index in [1.807, 2.05) is 6.07 Å². The van der Waals surface area contributed by atoms with Crippen LogP contribution in [0.4, 0.5) is 0 Å². The number of morpholine rings is 1. The minimum absolute atomic E-state index is 0.119. The Bertz CT molecular complexity index is 810. The molecule has 1 amide bonds. The molecule has 140 valence electrons. The Labute approximate surface area is 157 Å². The zero-order chi connectivity index (χ0) is 19.2. The van der Waals surface area contributed by atoms with Crippen LogP contribution in [0, 0.1) is 0 Å². The van der Waals surface area contributed by atoms with E-state index in [0.717, 1.165) is 0 Å². The van der Waals surface area contributed by atoms with Gasteiger partial charge in [-0.15, -0.1) is 0 Å². The van der Waals surface area contributed by atoms with E-state index in [9.17, 15) is 14.4 Å². The number of carbonyl (C=O) groups is 3. The lowest BCUT2D eigenvalue weighted by Crippen LogP contribution is -2.46. The summed E-state index contributed by atoms with van der Waals surface area (Å²) in [5.41, 5.74) is 1.36. The summed E-state index contributed by atoms with van der Waals surface area (Å²) in [5.74, 6) is -0.947. The van der Waals surface area contributed by atoms with Crippen molar-refractivity contribution in [3.63, 3.8) is 0 Å². The summed E-state index contributed by atoms with van der Waals surface area (Å²) in [4.78, 5) is 38.6. The first-order valence-electron chi connectivity index (χ1n) is 8.83. The standard InChI is InChI=1S/C21H21NO5/c1-15(20(24)22-11-13-26-14-12-22)27-21(25)18-9-7-17(8-10-18)19(23)16-5-3-2-4-6-16/h2-10,15H,11-14H2,1H3. The zero-order valence-corrected chi connectivity index (χ0v) is 15.1. The fourth-order valence-corrected chi connectivity index (χ4v) is 2.83. The van der Waals surface area contributed by atoms with Gasteiger partial charge in [0.2, 0.25) is 0 Å². The highest BCUT2D eigenvalue weighted by atomic mass is 16.5. The summed E-state index contributed by atoms with van der Waals surface area (Å²) in [6.07, 6.45) is -0.874. The number of benzene rings is 2. The monoisotopic (exact) mass is 367 g/mol. The van der Waals surface area contributed by atoms with Gasteiger partial charge < -0.3 is 14.4 Å². The number of hydrogen-bond donors (Lipinski definition) is 0. The molecule has 0 spiro atoms. The van der Waals surface area contributed by atoms with E-state index in [2.05, 4.69) is 0 Å². The van der Waals surface area contributed by atoms with Crippen molar-refractivity contribution in [3.05, 3.63) is 71.3 Å². The van der Waals surface area contributed by atoms with Gasteiger partial charge in [0.15, 0.2) is 11.9 Å². The Balaban J connectivity index is 1.61. The van der Waals surface area contributed by atoms with E-state index in [0.29, 0.717) is 43.0 Å². The number of esters is 1. The highest BCUT2D eigenvalue weighted by molar-refractivity contribution is 6.09. The lowest BCUT2D eigenvalue weighted by Gasteiger charge is -2.28. The molecule has 0 saturated carbocycles. The molecule has 0 bridgehead atoms. The zero-order valence-electron chi connectivity index (χ0n) is 15.1. The molecule has 6 heteroatoms. The van der Waals surface area contributed by atoms with E-state index >= 15 is 0 Å². The number of rotatable bonds is 5. The van der Waals surface area contributed by atoms with Crippen molar-refractivity contribution in [1.29, 1.82) is 0 Å². The maximum Gasteiger partial charge on any atom is 0.338 e. The van der Waals surface area contributed by atoms with E-state index in [1.165, 1.54) is 12.1 Å². The summed E-state index contributed by atoms with van der Waals surface area (Å²) in [5, 5.41) is 0. The number of ether oxygens (including phenoxy) is 2. The molecule has 1 fully saturated rings. The van der Waals surface area contributed by atoms with Crippen LogP contribution in [0.15, 0.2) is 54.6 Å². The van der Waals surface area contributed by atoms with E-state index in [-0.39, 0.29) is 11.7 Å². The molecule has 1 atom stereocenters. The SMILES string of the molecule is CC(OC(=O)c1ccc(C(=O)c2ccccc2)cc1)C(=O)N1CCOCC1. The van der Waals surface area contributed by atoms with Gasteiger partial charge in [-0.3, -0.25) is 9.59 Å². The smallest absolute Gasteiger partial charge is 0.338 e. The Morgan fingerprint density at radius 2 is 1.44 bits per heavy atom. The summed E-state index contributed by atoms with van der Waals surface area (Å²) >= 11 is 0. The van der Waals surface area contributed by atoms with Crippen molar-refractivity contribution >= 4 is 17.7 Å². The molecule has 6 nitrogen and oxygen atoms in total. The van der Waals surface area contributed by atoms with Gasteiger partial charge in [-0.25, -0.2) is 4.79 Å². The van der Waals surface area contributed by atoms with Crippen LogP contribution in [0.2, 0.25) is 0 Å². The normalized spacial score (nSPS) is 15.1. The minimum atomic E-state index is -0.874. The van der Waals surface area contributed by atoms with Crippen LogP contribution in [-0.2, 0) is 14.3 Å². The summed E-state index contributed by atoms with van der Waals surface area (Å²) < 4.78 is 10.5. The van der Waals surface area contributed by atoms with Crippen LogP contribution in [0.5, 0.6) is 0 Å². The lowest BCUT2D eigenvalue weighted by molar-refractivity contribution is -0.143. The Morgan fingerprint density at radius 3 is 2.07 bits per heavy atom. The summed E-state index contributed by atoms with van der Waals surface area (Å²) in [6.45, 7) is 3.53. The van der Waals surface area contributed by atoms with E-state index in [1.54, 1.807) is 48.2 Å². The molecule has 1 aliphatic rings. The van der Waals surface area contributed by atoms with Crippen molar-refractivity contribution in [2.24, 2.45) is 0 Å². The first kappa shape index (κ1) is 18.8. The molecular formula is C21H21NO5. The largest absolute Gasteiger partial charge is 0.449 e. The van der Waals surface area contributed by atoms with Gasteiger partial charge in [0, 0.05) is 24.2 Å². The van der Waals surface area contributed by atoms with Gasteiger partial charge >= 0.3 is 5.97 Å². The molecule has 0 aliphatic carbocycles. The molecule has 0 aromatic heterocycles. The van der Waals surface area contributed by atoms with Gasteiger partial charge in [0.1, 0.15) is 0 Å². The van der Waals surface area contributed by atoms with Crippen LogP contribution >= 0.6 is 0 Å². The summed E-state index contributed by atoms with van der Waals surface area (Å²) in [7, 11) is 0. The molecular weight excluding hydrogens is 346 g/mol. The van der Waals surface area contributed by atoms with Crippen molar-refractivity contribution in [2.45, 2.75) is 13.0 Å². The molecule has 2 aromatic rings. The quantitative estimate of drug-likeness (QED) is 0.599. The Hall–Kier alpha value is -2.99. The van der Waals surface area contributed by atoms with Gasteiger partial charge in [0.25, 0.3) is 5.91 Å². The number of amides is 1.